The molecule has 0 aliphatic carbocycles. The van der Waals surface area contributed by atoms with Gasteiger partial charge in [0.1, 0.15) is 25.6 Å². The molecule has 1 amide bonds. The summed E-state index contributed by atoms with van der Waals surface area (Å²) in [7, 11) is 1.77. The number of ether oxygens (including phenoxy) is 3. The molecule has 0 unspecified atom stereocenters. The van der Waals surface area contributed by atoms with Gasteiger partial charge >= 0.3 is 0 Å². The molecular weight excluding hydrogens is 366 g/mol. The fraction of sp³-hybridized carbons (Fsp3) is 0.381. The second-order valence-electron chi connectivity index (χ2n) is 6.77. The lowest BCUT2D eigenvalue weighted by Gasteiger charge is -2.21. The summed E-state index contributed by atoms with van der Waals surface area (Å²) in [6.07, 6.45) is 0.246. The zero-order valence-corrected chi connectivity index (χ0v) is 16.6. The van der Waals surface area contributed by atoms with Gasteiger partial charge < -0.3 is 19.1 Å². The van der Waals surface area contributed by atoms with Crippen molar-refractivity contribution in [2.24, 2.45) is 0 Å². The molecule has 1 aliphatic rings. The first-order valence-corrected chi connectivity index (χ1v) is 9.33. The largest absolute Gasteiger partial charge is 0.492 e. The zero-order chi connectivity index (χ0) is 19.4. The maximum atomic E-state index is 12.5. The van der Waals surface area contributed by atoms with E-state index in [1.165, 1.54) is 0 Å². The van der Waals surface area contributed by atoms with Crippen molar-refractivity contribution in [3.05, 3.63) is 52.0 Å². The summed E-state index contributed by atoms with van der Waals surface area (Å²) >= 11 is 6.24. The number of rotatable bonds is 6. The summed E-state index contributed by atoms with van der Waals surface area (Å²) < 4.78 is 16.9. The third-order valence-electron chi connectivity index (χ3n) is 4.33. The summed E-state index contributed by atoms with van der Waals surface area (Å²) in [4.78, 5) is 14.2. The molecule has 5 nitrogen and oxygen atoms in total. The van der Waals surface area contributed by atoms with E-state index in [1.54, 1.807) is 18.0 Å². The Morgan fingerprint density at radius 3 is 2.56 bits per heavy atom. The van der Waals surface area contributed by atoms with Gasteiger partial charge in [-0.2, -0.15) is 0 Å². The Labute approximate surface area is 164 Å². The highest BCUT2D eigenvalue weighted by Gasteiger charge is 2.18. The van der Waals surface area contributed by atoms with Crippen LogP contribution in [0.5, 0.6) is 17.2 Å². The summed E-state index contributed by atoms with van der Waals surface area (Å²) in [6.45, 7) is 5.98. The van der Waals surface area contributed by atoms with Crippen LogP contribution >= 0.6 is 11.6 Å². The minimum absolute atomic E-state index is 0.00762. The van der Waals surface area contributed by atoms with E-state index < -0.39 is 0 Å². The summed E-state index contributed by atoms with van der Waals surface area (Å²) in [5, 5.41) is 0.468. The van der Waals surface area contributed by atoms with Crippen LogP contribution in [0.25, 0.3) is 0 Å². The molecule has 1 aliphatic heterocycles. The second-order valence-corrected chi connectivity index (χ2v) is 7.17. The van der Waals surface area contributed by atoms with Crippen LogP contribution < -0.4 is 14.2 Å². The Hall–Kier alpha value is -2.40. The zero-order valence-electron chi connectivity index (χ0n) is 15.9. The number of benzene rings is 2. The van der Waals surface area contributed by atoms with Crippen molar-refractivity contribution in [1.29, 1.82) is 0 Å². The Kier molecular flexibility index (Phi) is 6.11. The predicted octanol–water partition coefficient (Wildman–Crippen LogP) is 3.81. The average molecular weight is 390 g/mol. The number of amides is 1. The minimum Gasteiger partial charge on any atom is -0.492 e. The van der Waals surface area contributed by atoms with E-state index in [0.717, 1.165) is 22.4 Å². The van der Waals surface area contributed by atoms with E-state index >= 15 is 0 Å². The number of likely N-dealkylation sites (N-methyl/N-ethyl adjacent to an activating group) is 1. The lowest BCUT2D eigenvalue weighted by Crippen LogP contribution is -2.32. The summed E-state index contributed by atoms with van der Waals surface area (Å²) in [6, 6.07) is 9.66. The van der Waals surface area contributed by atoms with E-state index in [2.05, 4.69) is 6.07 Å². The van der Waals surface area contributed by atoms with Crippen molar-refractivity contribution < 1.29 is 19.0 Å². The third-order valence-corrected chi connectivity index (χ3v) is 4.61. The van der Waals surface area contributed by atoms with Crippen LogP contribution in [0, 0.1) is 13.8 Å². The second kappa shape index (κ2) is 8.53. The maximum Gasteiger partial charge on any atom is 0.226 e. The quantitative estimate of drug-likeness (QED) is 0.753. The first kappa shape index (κ1) is 19.4. The molecule has 0 radical (unpaired) electrons. The van der Waals surface area contributed by atoms with Crippen molar-refractivity contribution in [2.75, 3.05) is 33.4 Å². The molecule has 0 aromatic heterocycles. The first-order chi connectivity index (χ1) is 12.9. The van der Waals surface area contributed by atoms with Gasteiger partial charge in [-0.25, -0.2) is 0 Å². The highest BCUT2D eigenvalue weighted by Crippen LogP contribution is 2.38. The molecular formula is C21H24ClNO4. The normalized spacial score (nSPS) is 12.6. The van der Waals surface area contributed by atoms with E-state index in [4.69, 9.17) is 25.8 Å². The van der Waals surface area contributed by atoms with Gasteiger partial charge in [0, 0.05) is 7.05 Å². The average Bonchev–Trinajstić information content (AvgIpc) is 2.61. The topological polar surface area (TPSA) is 48.0 Å². The number of hydrogen-bond donors (Lipinski definition) is 0. The van der Waals surface area contributed by atoms with Gasteiger partial charge in [-0.3, -0.25) is 4.79 Å². The Morgan fingerprint density at radius 2 is 1.81 bits per heavy atom. The van der Waals surface area contributed by atoms with Gasteiger partial charge in [0.25, 0.3) is 0 Å². The number of carbonyl (C=O) groups is 1. The lowest BCUT2D eigenvalue weighted by molar-refractivity contribution is -0.129. The van der Waals surface area contributed by atoms with E-state index in [9.17, 15) is 4.79 Å². The third kappa shape index (κ3) is 5.07. The number of carbonyl (C=O) groups excluding carboxylic acids is 1. The standard InChI is InChI=1S/C21H24ClNO4/c1-14-8-15(2)10-17(9-14)25-5-4-23(3)20(24)13-16-11-18(22)21-19(12-16)26-6-7-27-21/h8-12H,4-7,13H2,1-3H3. The van der Waals surface area contributed by atoms with Crippen molar-refractivity contribution in [3.8, 4) is 17.2 Å². The SMILES string of the molecule is Cc1cc(C)cc(OCCN(C)C(=O)Cc2cc(Cl)c3c(c2)OCCO3)c1. The van der Waals surface area contributed by atoms with Crippen LogP contribution in [0.3, 0.4) is 0 Å². The summed E-state index contributed by atoms with van der Waals surface area (Å²) in [5.41, 5.74) is 3.12. The number of hydrogen-bond acceptors (Lipinski definition) is 4. The van der Waals surface area contributed by atoms with Crippen LogP contribution in [0.4, 0.5) is 0 Å². The van der Waals surface area contributed by atoms with Crippen molar-refractivity contribution in [1.82, 2.24) is 4.90 Å². The molecule has 27 heavy (non-hydrogen) atoms. The molecule has 0 atom stereocenters. The van der Waals surface area contributed by atoms with Gasteiger partial charge in [-0.1, -0.05) is 17.7 Å². The van der Waals surface area contributed by atoms with Crippen LogP contribution in [-0.4, -0.2) is 44.2 Å². The molecule has 6 heteroatoms. The van der Waals surface area contributed by atoms with Gasteiger partial charge in [-0.05, 0) is 54.8 Å². The predicted molar refractivity (Wildman–Crippen MR) is 105 cm³/mol. The lowest BCUT2D eigenvalue weighted by atomic mass is 10.1. The number of halogens is 1. The smallest absolute Gasteiger partial charge is 0.226 e. The van der Waals surface area contributed by atoms with Gasteiger partial charge in [-0.15, -0.1) is 0 Å². The molecule has 0 saturated carbocycles. The molecule has 0 fully saturated rings. The molecule has 2 aromatic rings. The minimum atomic E-state index is -0.00762. The molecule has 144 valence electrons. The molecule has 3 rings (SSSR count). The number of aryl methyl sites for hydroxylation is 2. The van der Waals surface area contributed by atoms with Crippen molar-refractivity contribution in [3.63, 3.8) is 0 Å². The van der Waals surface area contributed by atoms with Crippen molar-refractivity contribution in [2.45, 2.75) is 20.3 Å². The number of fused-ring (bicyclic) bond motifs is 1. The molecule has 0 spiro atoms. The Balaban J connectivity index is 1.54. The molecule has 2 aromatic carbocycles. The highest BCUT2D eigenvalue weighted by atomic mass is 35.5. The Morgan fingerprint density at radius 1 is 1.11 bits per heavy atom. The highest BCUT2D eigenvalue weighted by molar-refractivity contribution is 6.32. The van der Waals surface area contributed by atoms with Gasteiger partial charge in [0.2, 0.25) is 5.91 Å². The van der Waals surface area contributed by atoms with Crippen LogP contribution in [0.1, 0.15) is 16.7 Å². The van der Waals surface area contributed by atoms with Gasteiger partial charge in [0.15, 0.2) is 11.5 Å². The first-order valence-electron chi connectivity index (χ1n) is 8.95. The van der Waals surface area contributed by atoms with Crippen molar-refractivity contribution >= 4 is 17.5 Å². The fourth-order valence-corrected chi connectivity index (χ4v) is 3.31. The molecule has 1 heterocycles. The van der Waals surface area contributed by atoms with E-state index in [-0.39, 0.29) is 12.3 Å². The van der Waals surface area contributed by atoms with Gasteiger partial charge in [0.05, 0.1) is 18.0 Å². The Bertz CT molecular complexity index is 817. The maximum absolute atomic E-state index is 12.5. The molecule has 0 bridgehead atoms. The summed E-state index contributed by atoms with van der Waals surface area (Å²) in [5.74, 6) is 1.96. The number of nitrogens with zero attached hydrogens (tertiary/aromatic N) is 1. The van der Waals surface area contributed by atoms with Crippen LogP contribution in [-0.2, 0) is 11.2 Å². The van der Waals surface area contributed by atoms with E-state index in [1.807, 2.05) is 32.0 Å². The molecule has 0 N–H and O–H groups in total. The van der Waals surface area contributed by atoms with Crippen LogP contribution in [0.2, 0.25) is 5.02 Å². The van der Waals surface area contributed by atoms with E-state index in [0.29, 0.717) is 42.9 Å². The van der Waals surface area contributed by atoms with Crippen LogP contribution in [0.15, 0.2) is 30.3 Å². The fourth-order valence-electron chi connectivity index (χ4n) is 3.02. The monoisotopic (exact) mass is 389 g/mol. The molecule has 0 saturated heterocycles.